The predicted molar refractivity (Wildman–Crippen MR) is 96.7 cm³/mol. The van der Waals surface area contributed by atoms with Gasteiger partial charge in [-0.05, 0) is 50.3 Å². The van der Waals surface area contributed by atoms with Crippen LogP contribution in [0.15, 0.2) is 29.4 Å². The Morgan fingerprint density at radius 1 is 1.16 bits per heavy atom. The van der Waals surface area contributed by atoms with Crippen molar-refractivity contribution in [2.24, 2.45) is 10.8 Å². The molecule has 9 heteroatoms. The molecule has 0 aliphatic heterocycles. The Bertz CT molecular complexity index is 870. The summed E-state index contributed by atoms with van der Waals surface area (Å²) in [6.45, 7) is 3.63. The molecule has 0 radical (unpaired) electrons. The van der Waals surface area contributed by atoms with Crippen LogP contribution < -0.4 is 11.2 Å². The SMILES string of the molecule is Cc1cc(/C=N\NC(N)=S)c(C)n1-c1cc(C(=O)O)cc(C(=O)O)c1. The van der Waals surface area contributed by atoms with Crippen LogP contribution in [0.4, 0.5) is 0 Å². The molecule has 0 amide bonds. The molecule has 0 unspecified atom stereocenters. The van der Waals surface area contributed by atoms with Crippen LogP contribution in [0.25, 0.3) is 5.69 Å². The van der Waals surface area contributed by atoms with E-state index in [1.54, 1.807) is 4.57 Å². The second kappa shape index (κ2) is 7.14. The molecular weight excluding hydrogens is 344 g/mol. The summed E-state index contributed by atoms with van der Waals surface area (Å²) >= 11 is 4.67. The van der Waals surface area contributed by atoms with Crippen LogP contribution in [0.1, 0.15) is 37.7 Å². The molecule has 0 aliphatic rings. The van der Waals surface area contributed by atoms with Crippen molar-refractivity contribution in [1.82, 2.24) is 9.99 Å². The zero-order valence-corrected chi connectivity index (χ0v) is 14.3. The molecule has 8 nitrogen and oxygen atoms in total. The third-order valence-corrected chi connectivity index (χ3v) is 3.61. The summed E-state index contributed by atoms with van der Waals surface area (Å²) in [6, 6.07) is 5.79. The maximum Gasteiger partial charge on any atom is 0.335 e. The predicted octanol–water partition coefficient (Wildman–Crippen LogP) is 1.66. The van der Waals surface area contributed by atoms with E-state index in [2.05, 4.69) is 22.7 Å². The first-order chi connectivity index (χ1) is 11.7. The number of aromatic nitrogens is 1. The average molecular weight is 360 g/mol. The molecule has 130 valence electrons. The van der Waals surface area contributed by atoms with E-state index >= 15 is 0 Å². The molecule has 25 heavy (non-hydrogen) atoms. The quantitative estimate of drug-likeness (QED) is 0.362. The number of carboxylic acid groups (broad SMARTS) is 2. The van der Waals surface area contributed by atoms with Gasteiger partial charge in [-0.1, -0.05) is 0 Å². The number of carboxylic acids is 2. The monoisotopic (exact) mass is 360 g/mol. The minimum atomic E-state index is -1.20. The Kier molecular flexibility index (Phi) is 5.18. The van der Waals surface area contributed by atoms with Crippen molar-refractivity contribution in [1.29, 1.82) is 0 Å². The van der Waals surface area contributed by atoms with Crippen molar-refractivity contribution in [2.45, 2.75) is 13.8 Å². The number of rotatable bonds is 5. The van der Waals surface area contributed by atoms with E-state index < -0.39 is 11.9 Å². The van der Waals surface area contributed by atoms with E-state index in [9.17, 15) is 19.8 Å². The lowest BCUT2D eigenvalue weighted by atomic mass is 10.1. The number of carbonyl (C=O) groups is 2. The van der Waals surface area contributed by atoms with Crippen molar-refractivity contribution in [2.75, 3.05) is 0 Å². The number of hydrazone groups is 1. The van der Waals surface area contributed by atoms with Crippen molar-refractivity contribution in [3.8, 4) is 5.69 Å². The number of benzene rings is 1. The fourth-order valence-electron chi connectivity index (χ4n) is 2.47. The number of hydrogen-bond donors (Lipinski definition) is 4. The van der Waals surface area contributed by atoms with Crippen LogP contribution >= 0.6 is 12.2 Å². The number of thiocarbonyl (C=S) groups is 1. The van der Waals surface area contributed by atoms with Crippen LogP contribution in [0.2, 0.25) is 0 Å². The van der Waals surface area contributed by atoms with E-state index in [-0.39, 0.29) is 16.2 Å². The molecule has 5 N–H and O–H groups in total. The van der Waals surface area contributed by atoms with E-state index in [4.69, 9.17) is 5.73 Å². The molecule has 0 saturated carbocycles. The van der Waals surface area contributed by atoms with Gasteiger partial charge in [0.05, 0.1) is 17.3 Å². The number of nitrogens with one attached hydrogen (secondary N) is 1. The van der Waals surface area contributed by atoms with Crippen molar-refractivity contribution in [3.63, 3.8) is 0 Å². The van der Waals surface area contributed by atoms with E-state index in [1.807, 2.05) is 19.9 Å². The van der Waals surface area contributed by atoms with Gasteiger partial charge in [-0.15, -0.1) is 0 Å². The topological polar surface area (TPSA) is 130 Å². The minimum absolute atomic E-state index is 0.0327. The molecule has 0 fully saturated rings. The molecule has 1 aromatic heterocycles. The molecule has 1 heterocycles. The second-order valence-electron chi connectivity index (χ2n) is 5.28. The smallest absolute Gasteiger partial charge is 0.335 e. The highest BCUT2D eigenvalue weighted by atomic mass is 32.1. The summed E-state index contributed by atoms with van der Waals surface area (Å²) in [6.07, 6.45) is 1.52. The van der Waals surface area contributed by atoms with Gasteiger partial charge >= 0.3 is 11.9 Å². The Balaban J connectivity index is 2.57. The number of aromatic carboxylic acids is 2. The third-order valence-electron chi connectivity index (χ3n) is 3.52. The van der Waals surface area contributed by atoms with Crippen molar-refractivity contribution >= 4 is 35.5 Å². The Labute approximate surface area is 148 Å². The van der Waals surface area contributed by atoms with Crippen LogP contribution in [0, 0.1) is 13.8 Å². The molecule has 0 bridgehead atoms. The summed E-state index contributed by atoms with van der Waals surface area (Å²) < 4.78 is 1.75. The largest absolute Gasteiger partial charge is 0.478 e. The van der Waals surface area contributed by atoms with Gasteiger partial charge in [0.25, 0.3) is 0 Å². The number of aryl methyl sites for hydroxylation is 1. The highest BCUT2D eigenvalue weighted by Crippen LogP contribution is 2.22. The van der Waals surface area contributed by atoms with E-state index in [1.165, 1.54) is 18.3 Å². The van der Waals surface area contributed by atoms with Gasteiger partial charge in [0.15, 0.2) is 5.11 Å². The second-order valence-corrected chi connectivity index (χ2v) is 5.71. The first-order valence-corrected chi connectivity index (χ1v) is 7.51. The van der Waals surface area contributed by atoms with Crippen LogP contribution in [0.3, 0.4) is 0 Å². The molecule has 0 saturated heterocycles. The zero-order chi connectivity index (χ0) is 18.7. The molecule has 0 aliphatic carbocycles. The van der Waals surface area contributed by atoms with Crippen LogP contribution in [-0.4, -0.2) is 38.0 Å². The minimum Gasteiger partial charge on any atom is -0.478 e. The van der Waals surface area contributed by atoms with Gasteiger partial charge in [-0.3, -0.25) is 5.43 Å². The molecule has 1 aromatic carbocycles. The number of nitrogens with zero attached hydrogens (tertiary/aromatic N) is 2. The third kappa shape index (κ3) is 4.01. The van der Waals surface area contributed by atoms with Crippen LogP contribution in [0.5, 0.6) is 0 Å². The summed E-state index contributed by atoms with van der Waals surface area (Å²) in [7, 11) is 0. The van der Waals surface area contributed by atoms with Crippen molar-refractivity contribution < 1.29 is 19.8 Å². The first kappa shape index (κ1) is 18.1. The lowest BCUT2D eigenvalue weighted by Crippen LogP contribution is -2.24. The lowest BCUT2D eigenvalue weighted by Gasteiger charge is -2.12. The zero-order valence-electron chi connectivity index (χ0n) is 13.5. The first-order valence-electron chi connectivity index (χ1n) is 7.10. The van der Waals surface area contributed by atoms with Gasteiger partial charge in [0.2, 0.25) is 0 Å². The summed E-state index contributed by atoms with van der Waals surface area (Å²) in [5.74, 6) is -2.40. The van der Waals surface area contributed by atoms with Gasteiger partial charge in [0.1, 0.15) is 0 Å². The molecule has 2 aromatic rings. The maximum absolute atomic E-state index is 11.3. The number of nitrogens with two attached hydrogens (primary N) is 1. The highest BCUT2D eigenvalue weighted by molar-refractivity contribution is 7.80. The van der Waals surface area contributed by atoms with Crippen LogP contribution in [-0.2, 0) is 0 Å². The Morgan fingerprint density at radius 3 is 2.20 bits per heavy atom. The van der Waals surface area contributed by atoms with E-state index in [0.29, 0.717) is 5.69 Å². The summed E-state index contributed by atoms with van der Waals surface area (Å²) in [5.41, 5.74) is 10.3. The van der Waals surface area contributed by atoms with E-state index in [0.717, 1.165) is 23.0 Å². The standard InChI is InChI=1S/C16H16N4O4S/c1-8-3-12(7-18-19-16(17)25)9(2)20(8)13-5-10(14(21)22)4-11(6-13)15(23)24/h3-7H,1-2H3,(H,21,22)(H,23,24)(H3,17,19,25)/b18-7-. The van der Waals surface area contributed by atoms with Gasteiger partial charge < -0.3 is 20.5 Å². The normalized spacial score (nSPS) is 10.8. The fraction of sp³-hybridized carbons (Fsp3) is 0.125. The Morgan fingerprint density at radius 2 is 1.72 bits per heavy atom. The van der Waals surface area contributed by atoms with Gasteiger partial charge in [-0.25, -0.2) is 9.59 Å². The summed E-state index contributed by atoms with van der Waals surface area (Å²) in [4.78, 5) is 22.6. The molecular formula is C16H16N4O4S. The Hall–Kier alpha value is -3.20. The molecule has 0 atom stereocenters. The van der Waals surface area contributed by atoms with Gasteiger partial charge in [0, 0.05) is 22.6 Å². The summed E-state index contributed by atoms with van der Waals surface area (Å²) in [5, 5.41) is 22.4. The lowest BCUT2D eigenvalue weighted by molar-refractivity contribution is 0.0696. The fourth-order valence-corrected chi connectivity index (χ4v) is 2.52. The average Bonchev–Trinajstić information content (AvgIpc) is 2.80. The van der Waals surface area contributed by atoms with Crippen molar-refractivity contribution in [3.05, 3.63) is 52.3 Å². The van der Waals surface area contributed by atoms with Gasteiger partial charge in [-0.2, -0.15) is 5.10 Å². The maximum atomic E-state index is 11.3. The molecule has 0 spiro atoms. The highest BCUT2D eigenvalue weighted by Gasteiger charge is 2.15. The molecule has 2 rings (SSSR count). The number of hydrogen-bond acceptors (Lipinski definition) is 4.